The average molecular weight is 199 g/mol. The van der Waals surface area contributed by atoms with E-state index in [1.54, 1.807) is 23.0 Å². The van der Waals surface area contributed by atoms with Crippen LogP contribution in [0.1, 0.15) is 0 Å². The average Bonchev–Trinajstić information content (AvgIpc) is 2.34. The highest BCUT2D eigenvalue weighted by Gasteiger charge is 1.97. The topological polar surface area (TPSA) is 43.1 Å². The molecule has 0 bridgehead atoms. The van der Waals surface area contributed by atoms with Gasteiger partial charge in [-0.3, -0.25) is 4.40 Å². The first-order chi connectivity index (χ1) is 4.88. The first-order valence-electron chi connectivity index (χ1n) is 2.68. The quantitative estimate of drug-likeness (QED) is 0.632. The number of hydrogen-bond donors (Lipinski definition) is 0. The molecule has 2 heterocycles. The Morgan fingerprint density at radius 2 is 2.30 bits per heavy atom. The fourth-order valence-electron chi connectivity index (χ4n) is 0.719. The molecule has 5 heteroatoms. The van der Waals surface area contributed by atoms with Crippen molar-refractivity contribution in [3.05, 3.63) is 23.3 Å². The van der Waals surface area contributed by atoms with Gasteiger partial charge in [0.25, 0.3) is 0 Å². The Kier molecular flexibility index (Phi) is 1.17. The van der Waals surface area contributed by atoms with Gasteiger partial charge in [-0.05, 0) is 15.9 Å². The number of rotatable bonds is 0. The van der Waals surface area contributed by atoms with Crippen LogP contribution in [0.15, 0.2) is 23.3 Å². The zero-order valence-corrected chi connectivity index (χ0v) is 6.48. The van der Waals surface area contributed by atoms with Gasteiger partial charge in [-0.2, -0.15) is 0 Å². The van der Waals surface area contributed by atoms with Gasteiger partial charge in [0.15, 0.2) is 5.65 Å². The van der Waals surface area contributed by atoms with Crippen molar-refractivity contribution in [1.29, 1.82) is 0 Å². The molecule has 0 N–H and O–H groups in total. The summed E-state index contributed by atoms with van der Waals surface area (Å²) >= 11 is 3.22. The molecule has 0 saturated heterocycles. The Bertz CT molecular complexity index is 355. The lowest BCUT2D eigenvalue weighted by Crippen LogP contribution is -1.84. The molecule has 2 rings (SSSR count). The molecule has 0 aliphatic carbocycles. The molecule has 50 valence electrons. The van der Waals surface area contributed by atoms with E-state index in [2.05, 4.69) is 31.1 Å². The Morgan fingerprint density at radius 3 is 3.10 bits per heavy atom. The van der Waals surface area contributed by atoms with E-state index in [9.17, 15) is 0 Å². The standard InChI is InChI=1S/C5H3BrN4/c6-5-9-8-4-1-2-7-3-10(4)5/h1-3H. The number of halogens is 1. The normalized spacial score (nSPS) is 10.5. The number of nitrogens with zero attached hydrogens (tertiary/aromatic N) is 4. The molecule has 0 aromatic carbocycles. The molecule has 0 spiro atoms. The number of hydrogen-bond acceptors (Lipinski definition) is 3. The van der Waals surface area contributed by atoms with E-state index in [1.807, 2.05) is 0 Å². The van der Waals surface area contributed by atoms with Crippen LogP contribution in [0.2, 0.25) is 0 Å². The van der Waals surface area contributed by atoms with Crippen molar-refractivity contribution < 1.29 is 0 Å². The second-order valence-electron chi connectivity index (χ2n) is 1.78. The molecule has 0 radical (unpaired) electrons. The fraction of sp³-hybridized carbons (Fsp3) is 0. The van der Waals surface area contributed by atoms with Crippen LogP contribution in [-0.4, -0.2) is 19.6 Å². The van der Waals surface area contributed by atoms with Crippen molar-refractivity contribution in [3.63, 3.8) is 0 Å². The van der Waals surface area contributed by atoms with Gasteiger partial charge in [0.2, 0.25) is 4.73 Å². The summed E-state index contributed by atoms with van der Waals surface area (Å²) < 4.78 is 2.43. The van der Waals surface area contributed by atoms with Crippen LogP contribution in [0.4, 0.5) is 0 Å². The van der Waals surface area contributed by atoms with Crippen LogP contribution in [0.5, 0.6) is 0 Å². The lowest BCUT2D eigenvalue weighted by Gasteiger charge is -1.87. The first kappa shape index (κ1) is 5.79. The molecule has 4 nitrogen and oxygen atoms in total. The minimum absolute atomic E-state index is 0.676. The van der Waals surface area contributed by atoms with Crippen molar-refractivity contribution in [2.24, 2.45) is 0 Å². The van der Waals surface area contributed by atoms with Crippen LogP contribution in [-0.2, 0) is 0 Å². The summed E-state index contributed by atoms with van der Waals surface area (Å²) in [5.41, 5.74) is 0.793. The van der Waals surface area contributed by atoms with Crippen molar-refractivity contribution >= 4 is 21.6 Å². The molecular formula is C5H3BrN4. The molecule has 10 heavy (non-hydrogen) atoms. The molecular weight excluding hydrogens is 196 g/mol. The highest BCUT2D eigenvalue weighted by molar-refractivity contribution is 9.10. The third-order valence-corrected chi connectivity index (χ3v) is 1.71. The van der Waals surface area contributed by atoms with Gasteiger partial charge < -0.3 is 0 Å². The Hall–Kier alpha value is -0.970. The summed E-state index contributed by atoms with van der Waals surface area (Å²) in [5, 5.41) is 7.63. The highest BCUT2D eigenvalue weighted by atomic mass is 79.9. The molecule has 2 aromatic rings. The van der Waals surface area contributed by atoms with E-state index in [1.165, 1.54) is 0 Å². The van der Waals surface area contributed by atoms with Gasteiger partial charge in [0, 0.05) is 12.3 Å². The molecule has 0 unspecified atom stereocenters. The summed E-state index contributed by atoms with van der Waals surface area (Å²) in [7, 11) is 0. The maximum atomic E-state index is 3.90. The Balaban J connectivity index is 2.93. The van der Waals surface area contributed by atoms with E-state index in [0.29, 0.717) is 4.73 Å². The van der Waals surface area contributed by atoms with E-state index >= 15 is 0 Å². The SMILES string of the molecule is Brc1nnc2ccncn12. The predicted molar refractivity (Wildman–Crippen MR) is 38.5 cm³/mol. The summed E-state index contributed by atoms with van der Waals surface area (Å²) in [6.45, 7) is 0. The molecule has 0 atom stereocenters. The van der Waals surface area contributed by atoms with Crippen LogP contribution >= 0.6 is 15.9 Å². The van der Waals surface area contributed by atoms with Gasteiger partial charge in [-0.1, -0.05) is 0 Å². The molecule has 0 saturated carbocycles. The summed E-state index contributed by atoms with van der Waals surface area (Å²) in [6, 6.07) is 1.79. The van der Waals surface area contributed by atoms with E-state index in [4.69, 9.17) is 0 Å². The van der Waals surface area contributed by atoms with E-state index < -0.39 is 0 Å². The minimum atomic E-state index is 0.676. The van der Waals surface area contributed by atoms with Gasteiger partial charge in [-0.25, -0.2) is 4.98 Å². The Morgan fingerprint density at radius 1 is 1.40 bits per heavy atom. The summed E-state index contributed by atoms with van der Waals surface area (Å²) in [4.78, 5) is 3.90. The van der Waals surface area contributed by atoms with Crippen molar-refractivity contribution in [2.45, 2.75) is 0 Å². The minimum Gasteiger partial charge on any atom is -0.260 e. The van der Waals surface area contributed by atoms with Crippen molar-refractivity contribution in [2.75, 3.05) is 0 Å². The van der Waals surface area contributed by atoms with Gasteiger partial charge in [-0.15, -0.1) is 10.2 Å². The molecule has 0 fully saturated rings. The van der Waals surface area contributed by atoms with E-state index in [-0.39, 0.29) is 0 Å². The van der Waals surface area contributed by atoms with Crippen LogP contribution in [0.25, 0.3) is 5.65 Å². The van der Waals surface area contributed by atoms with E-state index in [0.717, 1.165) is 5.65 Å². The lowest BCUT2D eigenvalue weighted by molar-refractivity contribution is 1.02. The maximum absolute atomic E-state index is 3.90. The first-order valence-corrected chi connectivity index (χ1v) is 3.47. The Labute approximate surface area is 65.0 Å². The zero-order valence-electron chi connectivity index (χ0n) is 4.90. The predicted octanol–water partition coefficient (Wildman–Crippen LogP) is 0.887. The van der Waals surface area contributed by atoms with Gasteiger partial charge in [0.05, 0.1) is 0 Å². The van der Waals surface area contributed by atoms with Crippen LogP contribution in [0.3, 0.4) is 0 Å². The molecule has 0 aliphatic heterocycles. The van der Waals surface area contributed by atoms with Crippen LogP contribution in [0, 0.1) is 0 Å². The third-order valence-electron chi connectivity index (χ3n) is 1.17. The van der Waals surface area contributed by atoms with Crippen molar-refractivity contribution in [1.82, 2.24) is 19.6 Å². The highest BCUT2D eigenvalue weighted by Crippen LogP contribution is 2.06. The summed E-state index contributed by atoms with van der Waals surface area (Å²) in [5.74, 6) is 0. The second-order valence-corrected chi connectivity index (χ2v) is 2.49. The van der Waals surface area contributed by atoms with Crippen LogP contribution < -0.4 is 0 Å². The zero-order chi connectivity index (χ0) is 6.97. The molecule has 0 amide bonds. The third kappa shape index (κ3) is 0.706. The van der Waals surface area contributed by atoms with Gasteiger partial charge >= 0.3 is 0 Å². The number of fused-ring (bicyclic) bond motifs is 1. The molecule has 2 aromatic heterocycles. The second kappa shape index (κ2) is 2.02. The smallest absolute Gasteiger partial charge is 0.205 e. The fourth-order valence-corrected chi connectivity index (χ4v) is 1.07. The largest absolute Gasteiger partial charge is 0.260 e. The monoisotopic (exact) mass is 198 g/mol. The molecule has 0 aliphatic rings. The summed E-state index contributed by atoms with van der Waals surface area (Å²) in [6.07, 6.45) is 3.33. The van der Waals surface area contributed by atoms with Gasteiger partial charge in [0.1, 0.15) is 6.33 Å². The van der Waals surface area contributed by atoms with Crippen molar-refractivity contribution in [3.8, 4) is 0 Å². The maximum Gasteiger partial charge on any atom is 0.205 e. The lowest BCUT2D eigenvalue weighted by atomic mass is 10.6. The number of aromatic nitrogens is 4.